The molecule has 0 spiro atoms. The Balaban J connectivity index is 1.23. The van der Waals surface area contributed by atoms with Gasteiger partial charge in [0, 0.05) is 23.9 Å². The van der Waals surface area contributed by atoms with E-state index in [1.165, 1.54) is 22.5 Å². The third-order valence-corrected chi connectivity index (χ3v) is 7.83. The van der Waals surface area contributed by atoms with E-state index in [1.54, 1.807) is 5.38 Å². The smallest absolute Gasteiger partial charge is 0.270 e. The van der Waals surface area contributed by atoms with Gasteiger partial charge in [0.25, 0.3) is 5.91 Å². The van der Waals surface area contributed by atoms with Gasteiger partial charge in [-0.2, -0.15) is 0 Å². The molecule has 180 valence electrons. The molecule has 7 heteroatoms. The van der Waals surface area contributed by atoms with Gasteiger partial charge in [-0.15, -0.1) is 11.3 Å². The summed E-state index contributed by atoms with van der Waals surface area (Å²) in [6, 6.07) is 14.9. The molecule has 1 aliphatic heterocycles. The Hall–Kier alpha value is -3.19. The Morgan fingerprint density at radius 1 is 1.11 bits per heavy atom. The number of benzene rings is 2. The van der Waals surface area contributed by atoms with Crippen LogP contribution in [-0.4, -0.2) is 34.3 Å². The molecule has 3 aromatic rings. The van der Waals surface area contributed by atoms with Crippen molar-refractivity contribution >= 4 is 23.2 Å². The highest BCUT2D eigenvalue weighted by Gasteiger charge is 2.39. The normalized spacial score (nSPS) is 19.2. The second kappa shape index (κ2) is 9.11. The topological polar surface area (TPSA) is 71.5 Å². The molecule has 1 aromatic heterocycles. The first-order valence-electron chi connectivity index (χ1n) is 12.4. The minimum atomic E-state index is -0.106. The van der Waals surface area contributed by atoms with Gasteiger partial charge in [0.05, 0.1) is 6.04 Å². The summed E-state index contributed by atoms with van der Waals surface area (Å²) < 4.78 is 6.12. The molecule has 6 rings (SSSR count). The second-order valence-corrected chi connectivity index (χ2v) is 10.8. The van der Waals surface area contributed by atoms with Crippen molar-refractivity contribution in [2.45, 2.75) is 57.7 Å². The fourth-order valence-corrected chi connectivity index (χ4v) is 5.39. The Morgan fingerprint density at radius 3 is 2.66 bits per heavy atom. The highest BCUT2D eigenvalue weighted by Crippen LogP contribution is 2.41. The Labute approximate surface area is 209 Å². The number of carbonyl (C=O) groups excluding carboxylic acids is 2. The summed E-state index contributed by atoms with van der Waals surface area (Å²) >= 11 is 1.44. The van der Waals surface area contributed by atoms with Crippen LogP contribution in [0.5, 0.6) is 5.75 Å². The van der Waals surface area contributed by atoms with E-state index in [1.807, 2.05) is 6.07 Å². The number of fused-ring (bicyclic) bond motifs is 1. The number of thiazole rings is 1. The summed E-state index contributed by atoms with van der Waals surface area (Å²) in [6.07, 6.45) is 4.96. The fourth-order valence-electron chi connectivity index (χ4n) is 4.71. The molecule has 35 heavy (non-hydrogen) atoms. The zero-order valence-electron chi connectivity index (χ0n) is 19.8. The maximum Gasteiger partial charge on any atom is 0.270 e. The lowest BCUT2D eigenvalue weighted by molar-refractivity contribution is -0.134. The Bertz CT molecular complexity index is 1260. The summed E-state index contributed by atoms with van der Waals surface area (Å²) in [5.74, 6) is 1.10. The molecule has 2 fully saturated rings. The van der Waals surface area contributed by atoms with E-state index in [2.05, 4.69) is 58.5 Å². The molecule has 2 heterocycles. The summed E-state index contributed by atoms with van der Waals surface area (Å²) in [7, 11) is 0. The van der Waals surface area contributed by atoms with Gasteiger partial charge in [0.15, 0.2) is 0 Å². The molecule has 2 saturated carbocycles. The number of aromatic nitrogens is 1. The predicted octanol–water partition coefficient (Wildman–Crippen LogP) is 4.81. The van der Waals surface area contributed by atoms with Gasteiger partial charge in [-0.3, -0.25) is 9.59 Å². The molecule has 0 radical (unpaired) electrons. The van der Waals surface area contributed by atoms with Crippen molar-refractivity contribution in [2.24, 2.45) is 5.92 Å². The second-order valence-electron chi connectivity index (χ2n) is 9.89. The molecule has 2 aromatic carbocycles. The molecule has 1 atom stereocenters. The number of hydrogen-bond acceptors (Lipinski definition) is 5. The monoisotopic (exact) mass is 487 g/mol. The SMILES string of the molecule is Cc1ccc(C2c3cc(OCc4nc(C(=O)NC5CC5)cs4)ccc3CCN2C(=O)C2CC2)cc1. The van der Waals surface area contributed by atoms with Crippen LogP contribution in [0, 0.1) is 12.8 Å². The molecular weight excluding hydrogens is 458 g/mol. The number of nitrogens with one attached hydrogen (secondary N) is 1. The van der Waals surface area contributed by atoms with Crippen LogP contribution in [0.25, 0.3) is 0 Å². The van der Waals surface area contributed by atoms with Crippen LogP contribution < -0.4 is 10.1 Å². The molecule has 3 aliphatic rings. The third kappa shape index (κ3) is 4.82. The van der Waals surface area contributed by atoms with E-state index in [0.29, 0.717) is 18.3 Å². The number of rotatable bonds is 7. The summed E-state index contributed by atoms with van der Waals surface area (Å²) in [6.45, 7) is 3.13. The number of ether oxygens (including phenoxy) is 1. The van der Waals surface area contributed by atoms with Crippen molar-refractivity contribution in [3.05, 3.63) is 80.8 Å². The van der Waals surface area contributed by atoms with Crippen molar-refractivity contribution in [3.8, 4) is 5.75 Å². The largest absolute Gasteiger partial charge is 0.486 e. The lowest BCUT2D eigenvalue weighted by atomic mass is 9.87. The van der Waals surface area contributed by atoms with Crippen LogP contribution >= 0.6 is 11.3 Å². The standard InChI is InChI=1S/C28H29N3O3S/c1-17-2-4-19(5-3-17)26-23-14-22(11-8-18(23)12-13-31(26)28(33)20-6-7-20)34-15-25-30-24(16-35-25)27(32)29-21-9-10-21/h2-5,8,11,14,16,20-21,26H,6-7,9-10,12-13,15H2,1H3,(H,29,32). The molecule has 1 unspecified atom stereocenters. The molecule has 2 aliphatic carbocycles. The van der Waals surface area contributed by atoms with Crippen molar-refractivity contribution < 1.29 is 14.3 Å². The number of aryl methyl sites for hydroxylation is 1. The maximum absolute atomic E-state index is 13.2. The van der Waals surface area contributed by atoms with Crippen molar-refractivity contribution in [1.29, 1.82) is 0 Å². The van der Waals surface area contributed by atoms with Crippen LogP contribution in [0.1, 0.15) is 69.5 Å². The van der Waals surface area contributed by atoms with E-state index >= 15 is 0 Å². The van der Waals surface area contributed by atoms with Crippen molar-refractivity contribution in [3.63, 3.8) is 0 Å². The van der Waals surface area contributed by atoms with Crippen LogP contribution in [0.3, 0.4) is 0 Å². The van der Waals surface area contributed by atoms with Crippen LogP contribution in [0.15, 0.2) is 47.8 Å². The zero-order chi connectivity index (χ0) is 23.9. The first kappa shape index (κ1) is 22.3. The van der Waals surface area contributed by atoms with Crippen LogP contribution in [-0.2, 0) is 17.8 Å². The van der Waals surface area contributed by atoms with Crippen molar-refractivity contribution in [2.75, 3.05) is 6.54 Å². The molecular formula is C28H29N3O3S. The molecule has 0 saturated heterocycles. The highest BCUT2D eigenvalue weighted by molar-refractivity contribution is 7.09. The lowest BCUT2D eigenvalue weighted by Crippen LogP contribution is -2.41. The molecule has 0 bridgehead atoms. The molecule has 2 amide bonds. The van der Waals surface area contributed by atoms with Gasteiger partial charge in [0.1, 0.15) is 23.1 Å². The van der Waals surface area contributed by atoms with E-state index in [4.69, 9.17) is 4.74 Å². The van der Waals surface area contributed by atoms with E-state index in [0.717, 1.165) is 60.5 Å². The van der Waals surface area contributed by atoms with Gasteiger partial charge < -0.3 is 15.0 Å². The molecule has 1 N–H and O–H groups in total. The number of hydrogen-bond donors (Lipinski definition) is 1. The summed E-state index contributed by atoms with van der Waals surface area (Å²) in [5, 5.41) is 5.53. The summed E-state index contributed by atoms with van der Waals surface area (Å²) in [5.41, 5.74) is 5.19. The van der Waals surface area contributed by atoms with E-state index < -0.39 is 0 Å². The zero-order valence-corrected chi connectivity index (χ0v) is 20.6. The van der Waals surface area contributed by atoms with Crippen LogP contribution in [0.2, 0.25) is 0 Å². The van der Waals surface area contributed by atoms with Gasteiger partial charge in [-0.25, -0.2) is 4.98 Å². The lowest BCUT2D eigenvalue weighted by Gasteiger charge is -2.38. The number of nitrogens with zero attached hydrogens (tertiary/aromatic N) is 2. The van der Waals surface area contributed by atoms with Gasteiger partial charge in [-0.1, -0.05) is 35.9 Å². The average molecular weight is 488 g/mol. The van der Waals surface area contributed by atoms with E-state index in [9.17, 15) is 9.59 Å². The van der Waals surface area contributed by atoms with Gasteiger partial charge in [-0.05, 0) is 67.9 Å². The minimum absolute atomic E-state index is 0.103. The quantitative estimate of drug-likeness (QED) is 0.519. The number of carbonyl (C=O) groups is 2. The first-order chi connectivity index (χ1) is 17.0. The predicted molar refractivity (Wildman–Crippen MR) is 135 cm³/mol. The van der Waals surface area contributed by atoms with Gasteiger partial charge in [0.2, 0.25) is 5.91 Å². The first-order valence-corrected chi connectivity index (χ1v) is 13.3. The summed E-state index contributed by atoms with van der Waals surface area (Å²) in [4.78, 5) is 32.0. The van der Waals surface area contributed by atoms with Crippen molar-refractivity contribution in [1.82, 2.24) is 15.2 Å². The maximum atomic E-state index is 13.2. The van der Waals surface area contributed by atoms with E-state index in [-0.39, 0.29) is 23.8 Å². The van der Waals surface area contributed by atoms with Crippen LogP contribution in [0.4, 0.5) is 0 Å². The average Bonchev–Trinajstić information content (AvgIpc) is 3.81. The fraction of sp³-hybridized carbons (Fsp3) is 0.393. The third-order valence-electron chi connectivity index (χ3n) is 7.01. The van der Waals surface area contributed by atoms with Gasteiger partial charge >= 0.3 is 0 Å². The Kier molecular flexibility index (Phi) is 5.80. The molecule has 6 nitrogen and oxygen atoms in total. The Morgan fingerprint density at radius 2 is 1.91 bits per heavy atom. The number of amides is 2. The highest BCUT2D eigenvalue weighted by atomic mass is 32.1. The minimum Gasteiger partial charge on any atom is -0.486 e.